The number of fused-ring (bicyclic) bond motifs is 1. The maximum absolute atomic E-state index is 12.8. The SMILES string of the molecule is COC(=O)c1c(C(=O)OC)c(-c2ccccc2)c2ccncc2c1CC(C)=O. The monoisotopic (exact) mass is 377 g/mol. The van der Waals surface area contributed by atoms with Gasteiger partial charge in [0.2, 0.25) is 0 Å². The van der Waals surface area contributed by atoms with E-state index in [1.807, 2.05) is 30.3 Å². The average Bonchev–Trinajstić information content (AvgIpc) is 2.72. The van der Waals surface area contributed by atoms with Crippen molar-refractivity contribution in [1.82, 2.24) is 4.98 Å². The number of hydrogen-bond acceptors (Lipinski definition) is 6. The fourth-order valence-electron chi connectivity index (χ4n) is 3.37. The van der Waals surface area contributed by atoms with Crippen LogP contribution < -0.4 is 0 Å². The first-order valence-electron chi connectivity index (χ1n) is 8.63. The Labute approximate surface area is 162 Å². The van der Waals surface area contributed by atoms with E-state index in [9.17, 15) is 14.4 Å². The Bertz CT molecular complexity index is 1070. The molecule has 1 aromatic heterocycles. The second kappa shape index (κ2) is 8.00. The highest BCUT2D eigenvalue weighted by Gasteiger charge is 2.30. The standard InChI is InChI=1S/C22H19NO5/c1-13(24)11-16-17-12-23-10-9-15(17)18(14-7-5-4-6-8-14)20(22(26)28-3)19(16)21(25)27-2/h4-10,12H,11H2,1-3H3. The van der Waals surface area contributed by atoms with Crippen LogP contribution in [-0.4, -0.2) is 36.9 Å². The topological polar surface area (TPSA) is 82.6 Å². The fraction of sp³-hybridized carbons (Fsp3) is 0.182. The molecule has 0 spiro atoms. The highest BCUT2D eigenvalue weighted by molar-refractivity contribution is 6.17. The summed E-state index contributed by atoms with van der Waals surface area (Å²) in [5, 5.41) is 1.31. The van der Waals surface area contributed by atoms with Crippen LogP contribution >= 0.6 is 0 Å². The molecule has 0 aliphatic rings. The third-order valence-corrected chi connectivity index (χ3v) is 4.48. The number of carbonyl (C=O) groups is 3. The molecule has 0 amide bonds. The first kappa shape index (κ1) is 19.2. The molecule has 0 aliphatic carbocycles. The first-order chi connectivity index (χ1) is 13.5. The van der Waals surface area contributed by atoms with Crippen molar-refractivity contribution in [3.05, 3.63) is 65.5 Å². The van der Waals surface area contributed by atoms with Gasteiger partial charge < -0.3 is 9.47 Å². The summed E-state index contributed by atoms with van der Waals surface area (Å²) in [6, 6.07) is 11.0. The molecule has 2 aromatic carbocycles. The van der Waals surface area contributed by atoms with Crippen molar-refractivity contribution in [1.29, 1.82) is 0 Å². The van der Waals surface area contributed by atoms with Gasteiger partial charge in [0.15, 0.2) is 0 Å². The highest BCUT2D eigenvalue weighted by Crippen LogP contribution is 2.38. The molecule has 0 bridgehead atoms. The van der Waals surface area contributed by atoms with Gasteiger partial charge in [-0.2, -0.15) is 0 Å². The number of ketones is 1. The van der Waals surface area contributed by atoms with Gasteiger partial charge in [-0.3, -0.25) is 9.78 Å². The predicted octanol–water partition coefficient (Wildman–Crippen LogP) is 3.61. The fourth-order valence-corrected chi connectivity index (χ4v) is 3.37. The van der Waals surface area contributed by atoms with Crippen molar-refractivity contribution in [2.75, 3.05) is 14.2 Å². The lowest BCUT2D eigenvalue weighted by atomic mass is 9.85. The zero-order chi connectivity index (χ0) is 20.3. The van der Waals surface area contributed by atoms with Gasteiger partial charge in [-0.25, -0.2) is 9.59 Å². The van der Waals surface area contributed by atoms with Gasteiger partial charge in [-0.05, 0) is 29.5 Å². The highest BCUT2D eigenvalue weighted by atomic mass is 16.5. The number of methoxy groups -OCH3 is 2. The van der Waals surface area contributed by atoms with Crippen molar-refractivity contribution >= 4 is 28.5 Å². The molecule has 0 N–H and O–H groups in total. The molecule has 0 fully saturated rings. The molecule has 3 aromatic rings. The zero-order valence-corrected chi connectivity index (χ0v) is 15.8. The number of benzene rings is 2. The van der Waals surface area contributed by atoms with E-state index in [1.54, 1.807) is 18.5 Å². The summed E-state index contributed by atoms with van der Waals surface area (Å²) < 4.78 is 9.95. The second-order valence-corrected chi connectivity index (χ2v) is 6.25. The molecule has 0 aliphatic heterocycles. The van der Waals surface area contributed by atoms with Crippen LogP contribution in [0, 0.1) is 0 Å². The Kier molecular flexibility index (Phi) is 5.49. The van der Waals surface area contributed by atoms with Crippen molar-refractivity contribution < 1.29 is 23.9 Å². The predicted molar refractivity (Wildman–Crippen MR) is 104 cm³/mol. The van der Waals surface area contributed by atoms with Gasteiger partial charge in [0.1, 0.15) is 5.78 Å². The minimum atomic E-state index is -0.709. The number of nitrogens with zero attached hydrogens (tertiary/aromatic N) is 1. The summed E-state index contributed by atoms with van der Waals surface area (Å²) >= 11 is 0. The molecule has 0 atom stereocenters. The first-order valence-corrected chi connectivity index (χ1v) is 8.63. The van der Waals surface area contributed by atoms with Crippen LogP contribution in [0.5, 0.6) is 0 Å². The smallest absolute Gasteiger partial charge is 0.339 e. The van der Waals surface area contributed by atoms with Gasteiger partial charge in [0, 0.05) is 29.8 Å². The normalized spacial score (nSPS) is 10.5. The van der Waals surface area contributed by atoms with Crippen molar-refractivity contribution in [2.45, 2.75) is 13.3 Å². The summed E-state index contributed by atoms with van der Waals surface area (Å²) in [5.41, 5.74) is 1.79. The number of ether oxygens (including phenoxy) is 2. The van der Waals surface area contributed by atoms with E-state index >= 15 is 0 Å². The van der Waals surface area contributed by atoms with E-state index in [2.05, 4.69) is 4.98 Å². The molecular weight excluding hydrogens is 358 g/mol. The Balaban J connectivity index is 2.59. The maximum atomic E-state index is 12.8. The summed E-state index contributed by atoms with van der Waals surface area (Å²) in [7, 11) is 2.48. The number of carbonyl (C=O) groups excluding carboxylic acids is 3. The molecule has 6 heteroatoms. The molecule has 0 saturated carbocycles. The molecule has 6 nitrogen and oxygen atoms in total. The van der Waals surface area contributed by atoms with Gasteiger partial charge >= 0.3 is 11.9 Å². The van der Waals surface area contributed by atoms with E-state index in [0.29, 0.717) is 21.9 Å². The Morgan fingerprint density at radius 3 is 2.14 bits per heavy atom. The summed E-state index contributed by atoms with van der Waals surface area (Å²) in [5.74, 6) is -1.54. The number of hydrogen-bond donors (Lipinski definition) is 0. The number of pyridine rings is 1. The molecule has 0 radical (unpaired) electrons. The van der Waals surface area contributed by atoms with Crippen LogP contribution in [0.4, 0.5) is 0 Å². The minimum absolute atomic E-state index is 0.0314. The Hall–Kier alpha value is -3.54. The molecule has 3 rings (SSSR count). The summed E-state index contributed by atoms with van der Waals surface area (Å²) in [6.07, 6.45) is 3.16. The largest absolute Gasteiger partial charge is 0.465 e. The molecular formula is C22H19NO5. The third kappa shape index (κ3) is 3.36. The lowest BCUT2D eigenvalue weighted by molar-refractivity contribution is -0.116. The van der Waals surface area contributed by atoms with Crippen LogP contribution in [0.3, 0.4) is 0 Å². The number of Topliss-reactive ketones (excluding diaryl/α,β-unsaturated/α-hetero) is 1. The molecule has 28 heavy (non-hydrogen) atoms. The minimum Gasteiger partial charge on any atom is -0.465 e. The lowest BCUT2D eigenvalue weighted by Gasteiger charge is -2.19. The van der Waals surface area contributed by atoms with Crippen LogP contribution in [0.15, 0.2) is 48.8 Å². The Morgan fingerprint density at radius 2 is 1.54 bits per heavy atom. The number of esters is 2. The maximum Gasteiger partial charge on any atom is 0.339 e. The van der Waals surface area contributed by atoms with E-state index in [-0.39, 0.29) is 23.3 Å². The van der Waals surface area contributed by atoms with Crippen LogP contribution in [-0.2, 0) is 20.7 Å². The molecule has 142 valence electrons. The van der Waals surface area contributed by atoms with Crippen LogP contribution in [0.25, 0.3) is 21.9 Å². The zero-order valence-electron chi connectivity index (χ0n) is 15.8. The van der Waals surface area contributed by atoms with E-state index in [4.69, 9.17) is 9.47 Å². The van der Waals surface area contributed by atoms with E-state index in [1.165, 1.54) is 21.1 Å². The van der Waals surface area contributed by atoms with Gasteiger partial charge in [0.05, 0.1) is 25.3 Å². The average molecular weight is 377 g/mol. The van der Waals surface area contributed by atoms with Crippen molar-refractivity contribution in [3.8, 4) is 11.1 Å². The lowest BCUT2D eigenvalue weighted by Crippen LogP contribution is -2.18. The van der Waals surface area contributed by atoms with Gasteiger partial charge in [0.25, 0.3) is 0 Å². The Morgan fingerprint density at radius 1 is 0.893 bits per heavy atom. The third-order valence-electron chi connectivity index (χ3n) is 4.48. The molecule has 0 saturated heterocycles. The van der Waals surface area contributed by atoms with E-state index < -0.39 is 11.9 Å². The van der Waals surface area contributed by atoms with Gasteiger partial charge in [-0.15, -0.1) is 0 Å². The van der Waals surface area contributed by atoms with E-state index in [0.717, 1.165) is 5.56 Å². The molecule has 0 unspecified atom stereocenters. The molecule has 1 heterocycles. The van der Waals surface area contributed by atoms with Gasteiger partial charge in [-0.1, -0.05) is 30.3 Å². The number of aromatic nitrogens is 1. The quantitative estimate of drug-likeness (QED) is 0.632. The summed E-state index contributed by atoms with van der Waals surface area (Å²) in [4.78, 5) is 41.6. The van der Waals surface area contributed by atoms with Crippen LogP contribution in [0.2, 0.25) is 0 Å². The summed E-state index contributed by atoms with van der Waals surface area (Å²) in [6.45, 7) is 1.42. The van der Waals surface area contributed by atoms with Crippen molar-refractivity contribution in [3.63, 3.8) is 0 Å². The van der Waals surface area contributed by atoms with Crippen LogP contribution in [0.1, 0.15) is 33.2 Å². The number of rotatable bonds is 5. The van der Waals surface area contributed by atoms with Crippen molar-refractivity contribution in [2.24, 2.45) is 0 Å². The second-order valence-electron chi connectivity index (χ2n) is 6.25.